The first-order valence-electron chi connectivity index (χ1n) is 12.7. The maximum absolute atomic E-state index is 14.2. The molecule has 2 aliphatic carbocycles. The molecule has 0 aliphatic heterocycles. The van der Waals surface area contributed by atoms with Gasteiger partial charge in [0.1, 0.15) is 22.4 Å². The molecule has 10 heteroatoms. The maximum Gasteiger partial charge on any atom is 0.191 e. The number of pyridine rings is 1. The molecule has 6 rings (SSSR count). The van der Waals surface area contributed by atoms with Gasteiger partial charge in [0.25, 0.3) is 0 Å². The van der Waals surface area contributed by atoms with Gasteiger partial charge in [-0.05, 0) is 85.5 Å². The van der Waals surface area contributed by atoms with E-state index in [4.69, 9.17) is 0 Å². The van der Waals surface area contributed by atoms with Crippen molar-refractivity contribution in [1.82, 2.24) is 24.5 Å². The number of aromatic nitrogens is 5. The van der Waals surface area contributed by atoms with E-state index >= 15 is 0 Å². The summed E-state index contributed by atoms with van der Waals surface area (Å²) in [5.41, 5.74) is 2.40. The normalized spacial score (nSPS) is 21.9. The monoisotopic (exact) mass is 547 g/mol. The quantitative estimate of drug-likeness (QED) is 0.259. The molecule has 3 heterocycles. The Labute approximate surface area is 225 Å². The van der Waals surface area contributed by atoms with Crippen LogP contribution in [0.15, 0.2) is 71.7 Å². The Bertz CT molecular complexity index is 1720. The van der Waals surface area contributed by atoms with E-state index in [0.717, 1.165) is 23.3 Å². The van der Waals surface area contributed by atoms with E-state index in [1.54, 1.807) is 47.0 Å². The highest BCUT2D eigenvalue weighted by molar-refractivity contribution is 8.00. The molecule has 200 valence electrons. The molecule has 0 saturated heterocycles. The van der Waals surface area contributed by atoms with Crippen LogP contribution in [0.4, 0.5) is 8.78 Å². The molecule has 1 aromatic carbocycles. The van der Waals surface area contributed by atoms with Gasteiger partial charge in [-0.1, -0.05) is 5.57 Å². The number of carbonyl (C=O) groups is 1. The van der Waals surface area contributed by atoms with Crippen molar-refractivity contribution in [2.45, 2.75) is 30.7 Å². The summed E-state index contributed by atoms with van der Waals surface area (Å²) in [7, 11) is -0.916. The highest BCUT2D eigenvalue weighted by atomic mass is 32.2. The Morgan fingerprint density at radius 2 is 1.97 bits per heavy atom. The van der Waals surface area contributed by atoms with Crippen LogP contribution in [0, 0.1) is 23.0 Å². The van der Waals surface area contributed by atoms with Gasteiger partial charge >= 0.3 is 0 Å². The topological polar surface area (TPSA) is 82.7 Å². The second kappa shape index (κ2) is 9.37. The summed E-state index contributed by atoms with van der Waals surface area (Å²) >= 11 is 0. The van der Waals surface area contributed by atoms with E-state index in [-0.39, 0.29) is 23.2 Å². The third-order valence-electron chi connectivity index (χ3n) is 7.80. The van der Waals surface area contributed by atoms with E-state index in [0.29, 0.717) is 35.7 Å². The summed E-state index contributed by atoms with van der Waals surface area (Å²) in [6.07, 6.45) is 8.85. The molecule has 39 heavy (non-hydrogen) atoms. The van der Waals surface area contributed by atoms with Crippen LogP contribution in [0.1, 0.15) is 41.0 Å². The van der Waals surface area contributed by atoms with Gasteiger partial charge in [0.2, 0.25) is 0 Å². The average Bonchev–Trinajstić information content (AvgIpc) is 3.53. The van der Waals surface area contributed by atoms with Crippen LogP contribution in [0.25, 0.3) is 11.8 Å². The standard InChI is InChI=1S/C29H27F2N5O2S/c1-35-12-10-27(34-35)39(2,38)18-19-3-4-21-13-26-20(17-33-36(26)24-7-5-22(30)6-8-24)16-29(21,15-19)28(37)25-14-23(31)9-11-32-25/h5-14,17,19H,2-4,15-16,18H2,1H3/t19?,29-,39?/m1/s1. The SMILES string of the molecule is C=S(=O)(CC1CCC2=Cc3c(cnn3-c3ccc(F)cc3)C[C@]2(C(=O)c2cc(F)ccn2)C1)c1ccn(C)n1. The van der Waals surface area contributed by atoms with Gasteiger partial charge in [-0.2, -0.15) is 10.2 Å². The lowest BCUT2D eigenvalue weighted by atomic mass is 9.59. The summed E-state index contributed by atoms with van der Waals surface area (Å²) < 4.78 is 44.7. The number of rotatable bonds is 6. The van der Waals surface area contributed by atoms with Gasteiger partial charge in [-0.15, -0.1) is 0 Å². The van der Waals surface area contributed by atoms with Crippen molar-refractivity contribution in [3.8, 4) is 5.69 Å². The molecule has 0 spiro atoms. The van der Waals surface area contributed by atoms with Gasteiger partial charge < -0.3 is 0 Å². The van der Waals surface area contributed by atoms with Gasteiger partial charge in [0, 0.05) is 40.8 Å². The molecule has 4 aromatic rings. The van der Waals surface area contributed by atoms with Gasteiger partial charge in [0.05, 0.1) is 23.0 Å². The van der Waals surface area contributed by atoms with E-state index in [1.165, 1.54) is 30.5 Å². The van der Waals surface area contributed by atoms with Gasteiger partial charge in [-0.3, -0.25) is 18.7 Å². The Morgan fingerprint density at radius 3 is 2.69 bits per heavy atom. The fraction of sp³-hybridized carbons (Fsp3) is 0.276. The van der Waals surface area contributed by atoms with E-state index < -0.39 is 20.8 Å². The highest BCUT2D eigenvalue weighted by Crippen LogP contribution is 2.52. The lowest BCUT2D eigenvalue weighted by molar-refractivity contribution is 0.0763. The van der Waals surface area contributed by atoms with Crippen molar-refractivity contribution in [3.63, 3.8) is 0 Å². The average molecular weight is 548 g/mol. The molecule has 1 saturated carbocycles. The molecular formula is C29H27F2N5O2S. The fourth-order valence-corrected chi connectivity index (χ4v) is 7.78. The largest absolute Gasteiger partial charge is 0.291 e. The number of halogens is 2. The smallest absolute Gasteiger partial charge is 0.191 e. The van der Waals surface area contributed by atoms with Crippen LogP contribution < -0.4 is 0 Å². The molecule has 3 aromatic heterocycles. The first kappa shape index (κ1) is 25.4. The predicted molar refractivity (Wildman–Crippen MR) is 145 cm³/mol. The minimum absolute atomic E-state index is 0.0657. The van der Waals surface area contributed by atoms with E-state index in [2.05, 4.69) is 21.1 Å². The molecule has 0 bridgehead atoms. The molecule has 2 unspecified atom stereocenters. The molecule has 1 fully saturated rings. The summed E-state index contributed by atoms with van der Waals surface area (Å²) in [6, 6.07) is 10.2. The summed E-state index contributed by atoms with van der Waals surface area (Å²) in [5, 5.41) is 9.32. The molecule has 0 amide bonds. The number of aryl methyl sites for hydroxylation is 1. The number of ketones is 1. The van der Waals surface area contributed by atoms with Crippen molar-refractivity contribution in [2.75, 3.05) is 5.75 Å². The second-order valence-electron chi connectivity index (χ2n) is 10.5. The predicted octanol–water partition coefficient (Wildman–Crippen LogP) is 4.66. The Balaban J connectivity index is 1.40. The number of Topliss-reactive ketones (excluding diaryl/α,β-unsaturated/α-hetero) is 1. The molecule has 3 atom stereocenters. The first-order chi connectivity index (χ1) is 18.6. The Hall–Kier alpha value is -3.92. The number of hydrogen-bond donors (Lipinski definition) is 0. The third-order valence-corrected chi connectivity index (χ3v) is 9.79. The van der Waals surface area contributed by atoms with Crippen molar-refractivity contribution < 1.29 is 17.8 Å². The van der Waals surface area contributed by atoms with Crippen LogP contribution in [-0.4, -0.2) is 46.2 Å². The zero-order valence-electron chi connectivity index (χ0n) is 21.4. The first-order valence-corrected chi connectivity index (χ1v) is 14.6. The molecular weight excluding hydrogens is 520 g/mol. The minimum atomic E-state index is -2.68. The number of hydrogen-bond acceptors (Lipinski definition) is 5. The molecule has 2 aliphatic rings. The van der Waals surface area contributed by atoms with Crippen molar-refractivity contribution in [3.05, 3.63) is 95.2 Å². The second-order valence-corrected chi connectivity index (χ2v) is 12.9. The number of benzene rings is 1. The fourth-order valence-electron chi connectivity index (χ4n) is 5.97. The number of carbonyl (C=O) groups excluding carboxylic acids is 1. The van der Waals surface area contributed by atoms with Crippen LogP contribution in [0.3, 0.4) is 0 Å². The highest BCUT2D eigenvalue weighted by Gasteiger charge is 2.49. The number of fused-ring (bicyclic) bond motifs is 2. The van der Waals surface area contributed by atoms with Gasteiger partial charge in [0.15, 0.2) is 5.78 Å². The maximum atomic E-state index is 14.2. The summed E-state index contributed by atoms with van der Waals surface area (Å²) in [5.74, 6) is 3.12. The van der Waals surface area contributed by atoms with Crippen LogP contribution in [-0.2, 0) is 23.0 Å². The van der Waals surface area contributed by atoms with Gasteiger partial charge in [-0.25, -0.2) is 13.5 Å². The summed E-state index contributed by atoms with van der Waals surface area (Å²) in [6.45, 7) is 0. The minimum Gasteiger partial charge on any atom is -0.291 e. The van der Waals surface area contributed by atoms with Crippen LogP contribution in [0.2, 0.25) is 0 Å². The zero-order chi connectivity index (χ0) is 27.4. The third kappa shape index (κ3) is 4.52. The van der Waals surface area contributed by atoms with Crippen LogP contribution in [0.5, 0.6) is 0 Å². The molecule has 0 N–H and O–H groups in total. The Morgan fingerprint density at radius 1 is 1.18 bits per heavy atom. The lowest BCUT2D eigenvalue weighted by Gasteiger charge is -2.44. The number of allylic oxidation sites excluding steroid dienone is 1. The Kier molecular flexibility index (Phi) is 6.10. The van der Waals surface area contributed by atoms with Crippen molar-refractivity contribution in [1.29, 1.82) is 0 Å². The molecule has 0 radical (unpaired) electrons. The van der Waals surface area contributed by atoms with E-state index in [9.17, 15) is 17.8 Å². The summed E-state index contributed by atoms with van der Waals surface area (Å²) in [4.78, 5) is 18.4. The van der Waals surface area contributed by atoms with E-state index in [1.807, 2.05) is 6.08 Å². The van der Waals surface area contributed by atoms with Crippen molar-refractivity contribution in [2.24, 2.45) is 18.4 Å². The number of nitrogens with zero attached hydrogens (tertiary/aromatic N) is 5. The molecule has 7 nitrogen and oxygen atoms in total. The van der Waals surface area contributed by atoms with Crippen LogP contribution >= 0.6 is 0 Å². The lowest BCUT2D eigenvalue weighted by Crippen LogP contribution is -2.43. The zero-order valence-corrected chi connectivity index (χ0v) is 22.2. The van der Waals surface area contributed by atoms with Crippen molar-refractivity contribution >= 4 is 27.3 Å².